The highest BCUT2D eigenvalue weighted by molar-refractivity contribution is 7.99. The third-order valence-electron chi connectivity index (χ3n) is 4.39. The maximum atomic E-state index is 12.8. The van der Waals surface area contributed by atoms with Gasteiger partial charge in [-0.05, 0) is 30.2 Å². The molecule has 0 bridgehead atoms. The molecule has 3 rings (SSSR count). The Bertz CT molecular complexity index is 1030. The SMILES string of the molecule is C=CCn1c(CCc2ccccc2)nnc1SCC(=O)Nc1cccc(C(F)(F)F)c1. The van der Waals surface area contributed by atoms with Crippen LogP contribution in [0.3, 0.4) is 0 Å². The Hall–Kier alpha value is -3.07. The predicted octanol–water partition coefficient (Wildman–Crippen LogP) is 5.00. The first-order valence-electron chi connectivity index (χ1n) is 9.53. The number of aromatic nitrogens is 3. The van der Waals surface area contributed by atoms with E-state index in [9.17, 15) is 18.0 Å². The van der Waals surface area contributed by atoms with Crippen molar-refractivity contribution in [2.24, 2.45) is 0 Å². The summed E-state index contributed by atoms with van der Waals surface area (Å²) in [5.74, 6) is 0.345. The summed E-state index contributed by atoms with van der Waals surface area (Å²) in [4.78, 5) is 12.2. The van der Waals surface area contributed by atoms with Gasteiger partial charge in [0.2, 0.25) is 5.91 Å². The second-order valence-electron chi connectivity index (χ2n) is 6.70. The highest BCUT2D eigenvalue weighted by Crippen LogP contribution is 2.30. The smallest absolute Gasteiger partial charge is 0.325 e. The first kappa shape index (κ1) is 22.6. The topological polar surface area (TPSA) is 59.8 Å². The number of rotatable bonds is 9. The van der Waals surface area contributed by atoms with E-state index in [1.807, 2.05) is 34.9 Å². The van der Waals surface area contributed by atoms with Crippen LogP contribution in [0.5, 0.6) is 0 Å². The average Bonchev–Trinajstić information content (AvgIpc) is 3.13. The number of nitrogens with one attached hydrogen (secondary N) is 1. The Balaban J connectivity index is 1.61. The molecule has 3 aromatic rings. The summed E-state index contributed by atoms with van der Waals surface area (Å²) in [7, 11) is 0. The fourth-order valence-electron chi connectivity index (χ4n) is 2.92. The molecule has 31 heavy (non-hydrogen) atoms. The van der Waals surface area contributed by atoms with Crippen molar-refractivity contribution < 1.29 is 18.0 Å². The maximum Gasteiger partial charge on any atom is 0.416 e. The van der Waals surface area contributed by atoms with Gasteiger partial charge in [0.25, 0.3) is 0 Å². The molecule has 0 aliphatic rings. The van der Waals surface area contributed by atoms with Crippen LogP contribution in [0.25, 0.3) is 0 Å². The summed E-state index contributed by atoms with van der Waals surface area (Å²) < 4.78 is 40.4. The zero-order valence-corrected chi connectivity index (χ0v) is 17.4. The average molecular weight is 446 g/mol. The van der Waals surface area contributed by atoms with Gasteiger partial charge in [-0.2, -0.15) is 13.2 Å². The van der Waals surface area contributed by atoms with Gasteiger partial charge in [0, 0.05) is 18.7 Å². The second-order valence-corrected chi connectivity index (χ2v) is 7.64. The molecule has 1 heterocycles. The van der Waals surface area contributed by atoms with Crippen LogP contribution in [0.4, 0.5) is 18.9 Å². The zero-order valence-electron chi connectivity index (χ0n) is 16.6. The molecular weight excluding hydrogens is 425 g/mol. The fraction of sp³-hybridized carbons (Fsp3) is 0.227. The lowest BCUT2D eigenvalue weighted by Gasteiger charge is -2.10. The lowest BCUT2D eigenvalue weighted by atomic mass is 10.1. The molecular formula is C22H21F3N4OS. The molecule has 1 aromatic heterocycles. The lowest BCUT2D eigenvalue weighted by molar-refractivity contribution is -0.137. The van der Waals surface area contributed by atoms with Crippen LogP contribution in [-0.2, 0) is 30.4 Å². The van der Waals surface area contributed by atoms with Crippen molar-refractivity contribution in [3.8, 4) is 0 Å². The quantitative estimate of drug-likeness (QED) is 0.371. The molecule has 5 nitrogen and oxygen atoms in total. The minimum atomic E-state index is -4.47. The van der Waals surface area contributed by atoms with Crippen molar-refractivity contribution in [2.75, 3.05) is 11.1 Å². The van der Waals surface area contributed by atoms with Crippen molar-refractivity contribution >= 4 is 23.4 Å². The molecule has 9 heteroatoms. The third kappa shape index (κ3) is 6.45. The van der Waals surface area contributed by atoms with E-state index in [4.69, 9.17) is 0 Å². The van der Waals surface area contributed by atoms with Gasteiger partial charge >= 0.3 is 6.18 Å². The van der Waals surface area contributed by atoms with Crippen molar-refractivity contribution in [1.82, 2.24) is 14.8 Å². The number of aryl methyl sites for hydroxylation is 2. The summed E-state index contributed by atoms with van der Waals surface area (Å²) in [6.45, 7) is 4.25. The van der Waals surface area contributed by atoms with Gasteiger partial charge in [-0.1, -0.05) is 54.2 Å². The van der Waals surface area contributed by atoms with E-state index < -0.39 is 17.6 Å². The first-order valence-corrected chi connectivity index (χ1v) is 10.5. The first-order chi connectivity index (χ1) is 14.9. The second kappa shape index (κ2) is 10.3. The largest absolute Gasteiger partial charge is 0.416 e. The molecule has 0 fully saturated rings. The molecule has 0 aliphatic heterocycles. The maximum absolute atomic E-state index is 12.8. The van der Waals surface area contributed by atoms with E-state index in [1.165, 1.54) is 29.5 Å². The van der Waals surface area contributed by atoms with Crippen molar-refractivity contribution in [3.05, 3.63) is 84.2 Å². The highest BCUT2D eigenvalue weighted by Gasteiger charge is 2.30. The van der Waals surface area contributed by atoms with E-state index >= 15 is 0 Å². The van der Waals surface area contributed by atoms with E-state index in [2.05, 4.69) is 22.1 Å². The number of alkyl halides is 3. The molecule has 0 saturated carbocycles. The number of carbonyl (C=O) groups is 1. The molecule has 0 saturated heterocycles. The van der Waals surface area contributed by atoms with Gasteiger partial charge in [-0.3, -0.25) is 4.79 Å². The molecule has 0 atom stereocenters. The molecule has 0 unspecified atom stereocenters. The number of thioether (sulfide) groups is 1. The number of carbonyl (C=O) groups excluding carboxylic acids is 1. The number of hydrogen-bond donors (Lipinski definition) is 1. The Labute approximate surface area is 182 Å². The molecule has 162 valence electrons. The number of hydrogen-bond acceptors (Lipinski definition) is 4. The number of anilines is 1. The molecule has 0 aliphatic carbocycles. The van der Waals surface area contributed by atoms with Gasteiger partial charge in [-0.25, -0.2) is 0 Å². The predicted molar refractivity (Wildman–Crippen MR) is 115 cm³/mol. The van der Waals surface area contributed by atoms with Gasteiger partial charge < -0.3 is 9.88 Å². The van der Waals surface area contributed by atoms with Crippen molar-refractivity contribution in [3.63, 3.8) is 0 Å². The number of nitrogens with zero attached hydrogens (tertiary/aromatic N) is 3. The summed E-state index contributed by atoms with van der Waals surface area (Å²) in [5, 5.41) is 11.5. The van der Waals surface area contributed by atoms with E-state index in [-0.39, 0.29) is 11.4 Å². The number of halogens is 3. The Morgan fingerprint density at radius 1 is 1.10 bits per heavy atom. The van der Waals surface area contributed by atoms with Crippen LogP contribution in [-0.4, -0.2) is 26.4 Å². The Morgan fingerprint density at radius 3 is 2.58 bits per heavy atom. The Morgan fingerprint density at radius 2 is 1.87 bits per heavy atom. The summed E-state index contributed by atoms with van der Waals surface area (Å²) in [5.41, 5.74) is 0.466. The van der Waals surface area contributed by atoms with Gasteiger partial charge in [0.1, 0.15) is 5.82 Å². The normalized spacial score (nSPS) is 11.3. The van der Waals surface area contributed by atoms with E-state index in [0.717, 1.165) is 24.4 Å². The van der Waals surface area contributed by atoms with Crippen LogP contribution in [0.2, 0.25) is 0 Å². The summed E-state index contributed by atoms with van der Waals surface area (Å²) in [6.07, 6.45) is -1.26. The van der Waals surface area contributed by atoms with Crippen LogP contribution >= 0.6 is 11.8 Å². The fourth-order valence-corrected chi connectivity index (χ4v) is 3.69. The zero-order chi connectivity index (χ0) is 22.3. The molecule has 0 spiro atoms. The monoisotopic (exact) mass is 446 g/mol. The Kier molecular flexibility index (Phi) is 7.51. The number of amides is 1. The molecule has 1 N–H and O–H groups in total. The standard InChI is InChI=1S/C22H21F3N4OS/c1-2-13-29-19(12-11-16-7-4-3-5-8-16)27-28-21(29)31-15-20(30)26-18-10-6-9-17(14-18)22(23,24)25/h2-10,14H,1,11-13,15H2,(H,26,30). The van der Waals surface area contributed by atoms with Gasteiger partial charge in [-0.15, -0.1) is 16.8 Å². The lowest BCUT2D eigenvalue weighted by Crippen LogP contribution is -2.15. The van der Waals surface area contributed by atoms with Crippen LogP contribution in [0.1, 0.15) is 17.0 Å². The van der Waals surface area contributed by atoms with Crippen molar-refractivity contribution in [1.29, 1.82) is 0 Å². The van der Waals surface area contributed by atoms with Crippen molar-refractivity contribution in [2.45, 2.75) is 30.7 Å². The third-order valence-corrected chi connectivity index (χ3v) is 5.36. The van der Waals surface area contributed by atoms with Gasteiger partial charge in [0.05, 0.1) is 11.3 Å². The molecule has 1 amide bonds. The minimum absolute atomic E-state index is 0.00972. The van der Waals surface area contributed by atoms with Crippen LogP contribution < -0.4 is 5.32 Å². The summed E-state index contributed by atoms with van der Waals surface area (Å²) in [6, 6.07) is 14.5. The van der Waals surface area contributed by atoms with Gasteiger partial charge in [0.15, 0.2) is 5.16 Å². The molecule has 2 aromatic carbocycles. The highest BCUT2D eigenvalue weighted by atomic mass is 32.2. The van der Waals surface area contributed by atoms with Crippen LogP contribution in [0, 0.1) is 0 Å². The van der Waals surface area contributed by atoms with E-state index in [1.54, 1.807) is 6.08 Å². The summed E-state index contributed by atoms with van der Waals surface area (Å²) >= 11 is 1.17. The number of benzene rings is 2. The van der Waals surface area contributed by atoms with Crippen LogP contribution in [0.15, 0.2) is 72.4 Å². The molecule has 0 radical (unpaired) electrons. The minimum Gasteiger partial charge on any atom is -0.325 e. The number of allylic oxidation sites excluding steroid dienone is 1. The van der Waals surface area contributed by atoms with E-state index in [0.29, 0.717) is 18.1 Å².